The highest BCUT2D eigenvalue weighted by Gasteiger charge is 2.21. The van der Waals surface area contributed by atoms with Crippen LogP contribution in [0.25, 0.3) is 0 Å². The van der Waals surface area contributed by atoms with Crippen molar-refractivity contribution < 1.29 is 4.39 Å². The van der Waals surface area contributed by atoms with E-state index >= 15 is 0 Å². The molecule has 0 bridgehead atoms. The molecule has 2 rings (SSSR count). The summed E-state index contributed by atoms with van der Waals surface area (Å²) in [6.45, 7) is 7.09. The second-order valence-electron chi connectivity index (χ2n) is 4.90. The van der Waals surface area contributed by atoms with Crippen molar-refractivity contribution in [1.82, 2.24) is 5.32 Å². The molecule has 1 N–H and O–H groups in total. The SMILES string of the molecule is CCCNC(c1cc(C)sc1C)c1cccc(Cl)c1F. The van der Waals surface area contributed by atoms with Crippen LogP contribution in [0.2, 0.25) is 5.02 Å². The van der Waals surface area contributed by atoms with Crippen LogP contribution in [-0.2, 0) is 0 Å². The molecule has 0 aliphatic carbocycles. The van der Waals surface area contributed by atoms with E-state index in [4.69, 9.17) is 11.6 Å². The summed E-state index contributed by atoms with van der Waals surface area (Å²) in [4.78, 5) is 2.46. The molecule has 20 heavy (non-hydrogen) atoms. The Balaban J connectivity index is 2.47. The Hall–Kier alpha value is -0.900. The van der Waals surface area contributed by atoms with E-state index < -0.39 is 0 Å². The summed E-state index contributed by atoms with van der Waals surface area (Å²) in [7, 11) is 0. The summed E-state index contributed by atoms with van der Waals surface area (Å²) in [5, 5.41) is 3.61. The molecule has 108 valence electrons. The molecule has 4 heteroatoms. The molecular formula is C16H19ClFNS. The Morgan fingerprint density at radius 1 is 1.30 bits per heavy atom. The number of nitrogens with one attached hydrogen (secondary N) is 1. The van der Waals surface area contributed by atoms with E-state index in [0.29, 0.717) is 5.56 Å². The lowest BCUT2D eigenvalue weighted by Gasteiger charge is -2.20. The van der Waals surface area contributed by atoms with Gasteiger partial charge in [-0.2, -0.15) is 0 Å². The lowest BCUT2D eigenvalue weighted by Crippen LogP contribution is -2.24. The topological polar surface area (TPSA) is 12.0 Å². The van der Waals surface area contributed by atoms with E-state index in [0.717, 1.165) is 18.5 Å². The van der Waals surface area contributed by atoms with E-state index in [1.807, 2.05) is 0 Å². The first kappa shape index (κ1) is 15.5. The Morgan fingerprint density at radius 2 is 2.05 bits per heavy atom. The Bertz CT molecular complexity index is 594. The number of aryl methyl sites for hydroxylation is 2. The van der Waals surface area contributed by atoms with Crippen molar-refractivity contribution in [2.45, 2.75) is 33.2 Å². The third kappa shape index (κ3) is 3.22. The summed E-state index contributed by atoms with van der Waals surface area (Å²) in [5.74, 6) is -0.328. The van der Waals surface area contributed by atoms with E-state index in [-0.39, 0.29) is 16.9 Å². The van der Waals surface area contributed by atoms with Gasteiger partial charge >= 0.3 is 0 Å². The molecule has 0 saturated heterocycles. The Kier molecular flexibility index (Phi) is 5.19. The van der Waals surface area contributed by atoms with Crippen LogP contribution in [0.4, 0.5) is 4.39 Å². The third-order valence-electron chi connectivity index (χ3n) is 3.28. The van der Waals surface area contributed by atoms with Gasteiger partial charge < -0.3 is 5.32 Å². The fourth-order valence-corrected chi connectivity index (χ4v) is 3.50. The Labute approximate surface area is 128 Å². The highest BCUT2D eigenvalue weighted by atomic mass is 35.5. The molecule has 1 aromatic heterocycles. The van der Waals surface area contributed by atoms with Crippen LogP contribution in [0.15, 0.2) is 24.3 Å². The van der Waals surface area contributed by atoms with Crippen molar-refractivity contribution in [2.75, 3.05) is 6.54 Å². The van der Waals surface area contributed by atoms with Gasteiger partial charge in [0, 0.05) is 15.3 Å². The first-order valence-electron chi connectivity index (χ1n) is 6.78. The zero-order chi connectivity index (χ0) is 14.7. The number of benzene rings is 1. The molecule has 1 aromatic carbocycles. The molecule has 0 aliphatic heterocycles. The van der Waals surface area contributed by atoms with Gasteiger partial charge in [0.2, 0.25) is 0 Å². The van der Waals surface area contributed by atoms with Gasteiger partial charge in [-0.1, -0.05) is 30.7 Å². The normalized spacial score (nSPS) is 12.7. The van der Waals surface area contributed by atoms with Crippen LogP contribution < -0.4 is 5.32 Å². The van der Waals surface area contributed by atoms with Crippen molar-refractivity contribution in [3.63, 3.8) is 0 Å². The maximum atomic E-state index is 14.3. The zero-order valence-electron chi connectivity index (χ0n) is 12.0. The molecular weight excluding hydrogens is 293 g/mol. The van der Waals surface area contributed by atoms with Gasteiger partial charge in [0.25, 0.3) is 0 Å². The first-order chi connectivity index (χ1) is 9.54. The van der Waals surface area contributed by atoms with Crippen molar-refractivity contribution in [2.24, 2.45) is 0 Å². The van der Waals surface area contributed by atoms with Crippen LogP contribution >= 0.6 is 22.9 Å². The molecule has 0 aliphatic rings. The van der Waals surface area contributed by atoms with E-state index in [2.05, 4.69) is 32.2 Å². The molecule has 0 fully saturated rings. The van der Waals surface area contributed by atoms with Crippen LogP contribution in [0.3, 0.4) is 0 Å². The third-order valence-corrected chi connectivity index (χ3v) is 4.55. The molecule has 0 spiro atoms. The van der Waals surface area contributed by atoms with Gasteiger partial charge in [0.15, 0.2) is 0 Å². The van der Waals surface area contributed by atoms with E-state index in [9.17, 15) is 4.39 Å². The summed E-state index contributed by atoms with van der Waals surface area (Å²) < 4.78 is 14.3. The van der Waals surface area contributed by atoms with Gasteiger partial charge in [0.1, 0.15) is 5.82 Å². The molecule has 1 unspecified atom stereocenters. The van der Waals surface area contributed by atoms with Crippen LogP contribution in [0.1, 0.15) is 40.3 Å². The van der Waals surface area contributed by atoms with Gasteiger partial charge in [-0.25, -0.2) is 4.39 Å². The molecule has 0 saturated carbocycles. The fourth-order valence-electron chi connectivity index (χ4n) is 2.36. The summed E-state index contributed by atoms with van der Waals surface area (Å²) >= 11 is 7.66. The monoisotopic (exact) mass is 311 g/mol. The molecule has 1 heterocycles. The van der Waals surface area contributed by atoms with Crippen molar-refractivity contribution in [3.8, 4) is 0 Å². The van der Waals surface area contributed by atoms with Crippen LogP contribution in [0, 0.1) is 19.7 Å². The van der Waals surface area contributed by atoms with Gasteiger partial charge in [0.05, 0.1) is 11.1 Å². The first-order valence-corrected chi connectivity index (χ1v) is 7.98. The number of halogens is 2. The van der Waals surface area contributed by atoms with Crippen molar-refractivity contribution in [1.29, 1.82) is 0 Å². The highest BCUT2D eigenvalue weighted by molar-refractivity contribution is 7.12. The van der Waals surface area contributed by atoms with Crippen molar-refractivity contribution >= 4 is 22.9 Å². The van der Waals surface area contributed by atoms with Gasteiger partial charge in [-0.3, -0.25) is 0 Å². The van der Waals surface area contributed by atoms with E-state index in [1.54, 1.807) is 29.5 Å². The molecule has 0 amide bonds. The zero-order valence-corrected chi connectivity index (χ0v) is 13.5. The fraction of sp³-hybridized carbons (Fsp3) is 0.375. The quantitative estimate of drug-likeness (QED) is 0.795. The van der Waals surface area contributed by atoms with Crippen LogP contribution in [0.5, 0.6) is 0 Å². The average molecular weight is 312 g/mol. The predicted octanol–water partition coefficient (Wildman–Crippen LogP) is 5.25. The minimum atomic E-state index is -0.328. The van der Waals surface area contributed by atoms with Crippen molar-refractivity contribution in [3.05, 3.63) is 56.0 Å². The standard InChI is InChI=1S/C16H19ClFNS/c1-4-8-19-16(13-9-10(2)20-11(13)3)12-6-5-7-14(17)15(12)18/h5-7,9,16,19H,4,8H2,1-3H3. The highest BCUT2D eigenvalue weighted by Crippen LogP contribution is 2.33. The predicted molar refractivity (Wildman–Crippen MR) is 85.3 cm³/mol. The summed E-state index contributed by atoms with van der Waals surface area (Å²) in [6, 6.07) is 7.19. The summed E-state index contributed by atoms with van der Waals surface area (Å²) in [6.07, 6.45) is 1.00. The molecule has 1 nitrogen and oxygen atoms in total. The lowest BCUT2D eigenvalue weighted by molar-refractivity contribution is 0.546. The van der Waals surface area contributed by atoms with E-state index in [1.165, 1.54) is 9.75 Å². The molecule has 1 atom stereocenters. The van der Waals surface area contributed by atoms with Crippen LogP contribution in [-0.4, -0.2) is 6.54 Å². The smallest absolute Gasteiger partial charge is 0.146 e. The largest absolute Gasteiger partial charge is 0.306 e. The number of rotatable bonds is 5. The Morgan fingerprint density at radius 3 is 2.65 bits per heavy atom. The minimum Gasteiger partial charge on any atom is -0.306 e. The maximum Gasteiger partial charge on any atom is 0.146 e. The summed E-state index contributed by atoms with van der Waals surface area (Å²) in [5.41, 5.74) is 1.76. The lowest BCUT2D eigenvalue weighted by atomic mass is 9.98. The molecule has 0 radical (unpaired) electrons. The maximum absolute atomic E-state index is 14.3. The number of hydrogen-bond acceptors (Lipinski definition) is 2. The number of thiophene rings is 1. The van der Waals surface area contributed by atoms with Gasteiger partial charge in [-0.05, 0) is 44.5 Å². The molecule has 2 aromatic rings. The average Bonchev–Trinajstić information content (AvgIpc) is 2.74. The second-order valence-corrected chi connectivity index (χ2v) is 6.77. The van der Waals surface area contributed by atoms with Gasteiger partial charge in [-0.15, -0.1) is 11.3 Å². The minimum absolute atomic E-state index is 0.140. The number of hydrogen-bond donors (Lipinski definition) is 1. The second kappa shape index (κ2) is 6.70.